The van der Waals surface area contributed by atoms with Gasteiger partial charge in [-0.05, 0) is 38.5 Å². The molecular weight excluding hydrogens is 274 g/mol. The summed E-state index contributed by atoms with van der Waals surface area (Å²) in [5, 5.41) is 0. The van der Waals surface area contributed by atoms with E-state index < -0.39 is 0 Å². The van der Waals surface area contributed by atoms with E-state index in [9.17, 15) is 4.79 Å². The Hall–Kier alpha value is -1.35. The van der Waals surface area contributed by atoms with Gasteiger partial charge in [0.05, 0.1) is 0 Å². The molecule has 0 saturated heterocycles. The molecule has 22 heavy (non-hydrogen) atoms. The van der Waals surface area contributed by atoms with E-state index in [1.54, 1.807) is 0 Å². The van der Waals surface area contributed by atoms with Crippen LogP contribution in [0.1, 0.15) is 71.1 Å². The summed E-state index contributed by atoms with van der Waals surface area (Å²) in [6, 6.07) is 0. The van der Waals surface area contributed by atoms with Crippen LogP contribution in [0.25, 0.3) is 0 Å². The monoisotopic (exact) mass is 307 g/mol. The van der Waals surface area contributed by atoms with Gasteiger partial charge in [-0.3, -0.25) is 10.5 Å². The first-order valence-electron chi connectivity index (χ1n) is 8.62. The van der Waals surface area contributed by atoms with Crippen molar-refractivity contribution in [2.24, 2.45) is 5.73 Å². The maximum atomic E-state index is 11.1. The van der Waals surface area contributed by atoms with Crippen LogP contribution in [-0.4, -0.2) is 12.7 Å². The van der Waals surface area contributed by atoms with Crippen LogP contribution < -0.4 is 5.73 Å². The molecular formula is C19H33NO2. The first kappa shape index (κ1) is 20.6. The topological polar surface area (TPSA) is 52.3 Å². The molecule has 2 N–H and O–H groups in total. The maximum Gasteiger partial charge on any atom is 0.307 e. The number of nitrogens with two attached hydrogens (primary N) is 1. The van der Waals surface area contributed by atoms with E-state index in [0.29, 0.717) is 6.42 Å². The summed E-state index contributed by atoms with van der Waals surface area (Å²) in [4.78, 5) is 11.1. The summed E-state index contributed by atoms with van der Waals surface area (Å²) in [5.74, 6) is -0.177. The molecule has 0 aliphatic heterocycles. The van der Waals surface area contributed by atoms with E-state index in [1.165, 1.54) is 19.3 Å². The van der Waals surface area contributed by atoms with Gasteiger partial charge in [-0.2, -0.15) is 0 Å². The summed E-state index contributed by atoms with van der Waals surface area (Å²) in [5.41, 5.74) is 5.13. The van der Waals surface area contributed by atoms with E-state index in [2.05, 4.69) is 48.1 Å². The minimum absolute atomic E-state index is 0.00417. The molecule has 0 aromatic rings. The third-order valence-corrected chi connectivity index (χ3v) is 3.28. The van der Waals surface area contributed by atoms with Gasteiger partial charge in [-0.15, -0.1) is 0 Å². The molecule has 3 heteroatoms. The molecule has 0 aromatic heterocycles. The largest absolute Gasteiger partial charge is 0.450 e. The van der Waals surface area contributed by atoms with Crippen LogP contribution in [-0.2, 0) is 9.53 Å². The first-order chi connectivity index (χ1) is 10.8. The fraction of sp³-hybridized carbons (Fsp3) is 0.632. The number of rotatable bonds is 14. The Bertz CT molecular complexity index is 332. The highest BCUT2D eigenvalue weighted by Crippen LogP contribution is 2.08. The molecule has 0 radical (unpaired) electrons. The summed E-state index contributed by atoms with van der Waals surface area (Å²) in [7, 11) is 0. The molecule has 0 unspecified atom stereocenters. The fourth-order valence-corrected chi connectivity index (χ4v) is 2.05. The van der Waals surface area contributed by atoms with Gasteiger partial charge in [-0.25, -0.2) is 0 Å². The lowest BCUT2D eigenvalue weighted by Gasteiger charge is -2.01. The van der Waals surface area contributed by atoms with Gasteiger partial charge in [0.25, 0.3) is 0 Å². The second kappa shape index (κ2) is 17.7. The Labute approximate surface area is 136 Å². The lowest BCUT2D eigenvalue weighted by molar-refractivity contribution is -0.143. The molecule has 0 rings (SSSR count). The molecule has 0 fully saturated rings. The van der Waals surface area contributed by atoms with E-state index >= 15 is 0 Å². The zero-order valence-corrected chi connectivity index (χ0v) is 14.1. The number of esters is 1. The summed E-state index contributed by atoms with van der Waals surface area (Å²) in [6.45, 7) is 2.15. The average Bonchev–Trinajstić information content (AvgIpc) is 2.51. The van der Waals surface area contributed by atoms with Crippen LogP contribution in [0, 0.1) is 0 Å². The molecule has 0 aliphatic rings. The second-order valence-electron chi connectivity index (χ2n) is 5.28. The van der Waals surface area contributed by atoms with E-state index in [-0.39, 0.29) is 12.7 Å². The maximum absolute atomic E-state index is 11.1. The van der Waals surface area contributed by atoms with Crippen LogP contribution in [0.15, 0.2) is 36.5 Å². The minimum atomic E-state index is -0.177. The van der Waals surface area contributed by atoms with Gasteiger partial charge in [0, 0.05) is 6.42 Å². The van der Waals surface area contributed by atoms with Gasteiger partial charge in [0.1, 0.15) is 6.73 Å². The molecule has 0 spiro atoms. The number of unbranched alkanes of at least 4 members (excludes halogenated alkanes) is 5. The summed E-state index contributed by atoms with van der Waals surface area (Å²) < 4.78 is 4.68. The third-order valence-electron chi connectivity index (χ3n) is 3.28. The summed E-state index contributed by atoms with van der Waals surface area (Å²) >= 11 is 0. The standard InChI is InChI=1S/C19H33NO2/c1-2-3-4-5-6-7-8-9-10-11-12-13-14-15-16-17-19(21)22-18-20/h3-4,6-7,9-10H,2,5,8,11-18,20H2,1H3/b4-3-,7-6-,10-9-. The number of ether oxygens (including phenoxy) is 1. The minimum Gasteiger partial charge on any atom is -0.450 e. The zero-order chi connectivity index (χ0) is 16.3. The Kier molecular flexibility index (Phi) is 16.6. The van der Waals surface area contributed by atoms with Crippen LogP contribution in [0.4, 0.5) is 0 Å². The van der Waals surface area contributed by atoms with Crippen LogP contribution in [0.3, 0.4) is 0 Å². The van der Waals surface area contributed by atoms with Gasteiger partial charge in [-0.1, -0.05) is 62.6 Å². The smallest absolute Gasteiger partial charge is 0.307 e. The third kappa shape index (κ3) is 16.7. The van der Waals surface area contributed by atoms with Crippen molar-refractivity contribution in [3.63, 3.8) is 0 Å². The van der Waals surface area contributed by atoms with Crippen molar-refractivity contribution in [1.29, 1.82) is 0 Å². The number of hydrogen-bond acceptors (Lipinski definition) is 3. The van der Waals surface area contributed by atoms with E-state index in [1.807, 2.05) is 0 Å². The number of carbonyl (C=O) groups is 1. The van der Waals surface area contributed by atoms with Crippen LogP contribution in [0.5, 0.6) is 0 Å². The SMILES string of the molecule is CC/C=C\C/C=C\C/C=C\CCCCCCCC(=O)OCN. The molecule has 0 amide bonds. The van der Waals surface area contributed by atoms with E-state index in [0.717, 1.165) is 38.5 Å². The van der Waals surface area contributed by atoms with Crippen molar-refractivity contribution in [3.8, 4) is 0 Å². The van der Waals surface area contributed by atoms with Gasteiger partial charge in [0.2, 0.25) is 0 Å². The molecule has 0 atom stereocenters. The average molecular weight is 307 g/mol. The Balaban J connectivity index is 3.27. The lowest BCUT2D eigenvalue weighted by Crippen LogP contribution is -2.11. The van der Waals surface area contributed by atoms with Gasteiger partial charge >= 0.3 is 5.97 Å². The molecule has 126 valence electrons. The number of carbonyl (C=O) groups excluding carboxylic acids is 1. The Morgan fingerprint density at radius 2 is 1.45 bits per heavy atom. The molecule has 0 aliphatic carbocycles. The van der Waals surface area contributed by atoms with Crippen molar-refractivity contribution in [1.82, 2.24) is 0 Å². The highest BCUT2D eigenvalue weighted by molar-refractivity contribution is 5.69. The molecule has 0 bridgehead atoms. The Morgan fingerprint density at radius 3 is 2.14 bits per heavy atom. The predicted octanol–water partition coefficient (Wildman–Crippen LogP) is 5.04. The highest BCUT2D eigenvalue weighted by atomic mass is 16.5. The number of allylic oxidation sites excluding steroid dienone is 6. The molecule has 0 aromatic carbocycles. The summed E-state index contributed by atoms with van der Waals surface area (Å²) in [6.07, 6.45) is 23.8. The molecule has 3 nitrogen and oxygen atoms in total. The number of hydrogen-bond donors (Lipinski definition) is 1. The van der Waals surface area contributed by atoms with Crippen molar-refractivity contribution in [2.45, 2.75) is 71.1 Å². The Morgan fingerprint density at radius 1 is 0.864 bits per heavy atom. The fourth-order valence-electron chi connectivity index (χ4n) is 2.05. The van der Waals surface area contributed by atoms with Crippen LogP contribution >= 0.6 is 0 Å². The molecule has 0 saturated carbocycles. The van der Waals surface area contributed by atoms with Crippen molar-refractivity contribution < 1.29 is 9.53 Å². The second-order valence-corrected chi connectivity index (χ2v) is 5.28. The highest BCUT2D eigenvalue weighted by Gasteiger charge is 2.00. The van der Waals surface area contributed by atoms with Crippen LogP contribution in [0.2, 0.25) is 0 Å². The van der Waals surface area contributed by atoms with Gasteiger partial charge < -0.3 is 4.74 Å². The predicted molar refractivity (Wildman–Crippen MR) is 94.4 cm³/mol. The van der Waals surface area contributed by atoms with Gasteiger partial charge in [0.15, 0.2) is 0 Å². The zero-order valence-electron chi connectivity index (χ0n) is 14.1. The van der Waals surface area contributed by atoms with E-state index in [4.69, 9.17) is 5.73 Å². The quantitative estimate of drug-likeness (QED) is 0.212. The van der Waals surface area contributed by atoms with Crippen molar-refractivity contribution >= 4 is 5.97 Å². The van der Waals surface area contributed by atoms with Crippen molar-refractivity contribution in [3.05, 3.63) is 36.5 Å². The first-order valence-corrected chi connectivity index (χ1v) is 8.62. The molecule has 0 heterocycles. The lowest BCUT2D eigenvalue weighted by atomic mass is 10.1. The normalized spacial score (nSPS) is 11.9. The van der Waals surface area contributed by atoms with Crippen molar-refractivity contribution in [2.75, 3.05) is 6.73 Å².